The molecule has 1 rings (SSSR count). The highest BCUT2D eigenvalue weighted by atomic mass is 14.3. The predicted molar refractivity (Wildman–Crippen MR) is 73.1 cm³/mol. The quantitative estimate of drug-likeness (QED) is 0.724. The van der Waals surface area contributed by atoms with Crippen molar-refractivity contribution < 1.29 is 0 Å². The third-order valence-corrected chi connectivity index (χ3v) is 4.01. The maximum atomic E-state index is 9.23. The number of nitrogens with zero attached hydrogens (tertiary/aromatic N) is 1. The molecule has 1 nitrogen and oxygen atoms in total. The highest BCUT2D eigenvalue weighted by Gasteiger charge is 2.22. The predicted octanol–water partition coefficient (Wildman–Crippen LogP) is 4.59. The van der Waals surface area contributed by atoms with Crippen LogP contribution in [0.3, 0.4) is 0 Å². The lowest BCUT2D eigenvalue weighted by atomic mass is 9.77. The van der Waals surface area contributed by atoms with Crippen LogP contribution in [0.4, 0.5) is 0 Å². The van der Waals surface area contributed by atoms with Crippen molar-refractivity contribution in [3.63, 3.8) is 0 Å². The van der Waals surface area contributed by atoms with Crippen LogP contribution in [0.2, 0.25) is 0 Å². The molecule has 1 aromatic carbocycles. The second-order valence-electron chi connectivity index (χ2n) is 5.00. The van der Waals surface area contributed by atoms with Gasteiger partial charge < -0.3 is 0 Å². The fourth-order valence-corrected chi connectivity index (χ4v) is 2.20. The van der Waals surface area contributed by atoms with Crippen molar-refractivity contribution in [3.8, 4) is 6.07 Å². The maximum absolute atomic E-state index is 9.23. The number of rotatable bonds is 5. The molecule has 0 aliphatic heterocycles. The van der Waals surface area contributed by atoms with E-state index in [0.29, 0.717) is 0 Å². The lowest BCUT2D eigenvalue weighted by molar-refractivity contribution is 0.438. The largest absolute Gasteiger partial charge is 0.192 e. The fourth-order valence-electron chi connectivity index (χ4n) is 2.20. The van der Waals surface area contributed by atoms with Gasteiger partial charge in [-0.15, -0.1) is 0 Å². The summed E-state index contributed by atoms with van der Waals surface area (Å²) in [7, 11) is 0. The standard InChI is InChI=1S/C16H23N/c1-5-8-13-9-10-15(11-14(13)12-17)16(4,6-2)7-3/h9-11H,5-8H2,1-4H3. The van der Waals surface area contributed by atoms with E-state index < -0.39 is 0 Å². The van der Waals surface area contributed by atoms with Crippen LogP contribution in [-0.4, -0.2) is 0 Å². The van der Waals surface area contributed by atoms with E-state index in [1.54, 1.807) is 0 Å². The second-order valence-corrected chi connectivity index (χ2v) is 5.00. The molecule has 17 heavy (non-hydrogen) atoms. The first-order valence-corrected chi connectivity index (χ1v) is 6.64. The Morgan fingerprint density at radius 3 is 2.29 bits per heavy atom. The summed E-state index contributed by atoms with van der Waals surface area (Å²) >= 11 is 0. The molecule has 0 N–H and O–H groups in total. The molecule has 0 aliphatic carbocycles. The van der Waals surface area contributed by atoms with Gasteiger partial charge in [0.25, 0.3) is 0 Å². The van der Waals surface area contributed by atoms with Gasteiger partial charge in [-0.1, -0.05) is 46.2 Å². The first-order valence-electron chi connectivity index (χ1n) is 6.64. The zero-order valence-electron chi connectivity index (χ0n) is 11.5. The molecule has 1 heteroatoms. The molecular formula is C16H23N. The highest BCUT2D eigenvalue weighted by molar-refractivity contribution is 5.43. The van der Waals surface area contributed by atoms with E-state index in [1.807, 2.05) is 0 Å². The van der Waals surface area contributed by atoms with Gasteiger partial charge in [0, 0.05) is 0 Å². The summed E-state index contributed by atoms with van der Waals surface area (Å²) in [5.41, 5.74) is 3.56. The molecule has 0 unspecified atom stereocenters. The van der Waals surface area contributed by atoms with Gasteiger partial charge in [0.2, 0.25) is 0 Å². The summed E-state index contributed by atoms with van der Waals surface area (Å²) in [4.78, 5) is 0. The van der Waals surface area contributed by atoms with Crippen LogP contribution in [0.15, 0.2) is 18.2 Å². The summed E-state index contributed by atoms with van der Waals surface area (Å²) < 4.78 is 0. The molecule has 0 radical (unpaired) electrons. The van der Waals surface area contributed by atoms with Gasteiger partial charge in [-0.3, -0.25) is 0 Å². The number of nitriles is 1. The van der Waals surface area contributed by atoms with E-state index in [2.05, 4.69) is 52.0 Å². The van der Waals surface area contributed by atoms with Crippen molar-refractivity contribution in [2.45, 2.75) is 58.8 Å². The van der Waals surface area contributed by atoms with E-state index in [9.17, 15) is 5.26 Å². The molecule has 0 fully saturated rings. The number of aryl methyl sites for hydroxylation is 1. The summed E-state index contributed by atoms with van der Waals surface area (Å²) in [5.74, 6) is 0. The summed E-state index contributed by atoms with van der Waals surface area (Å²) in [6, 6.07) is 8.78. The van der Waals surface area contributed by atoms with Crippen LogP contribution in [0.25, 0.3) is 0 Å². The van der Waals surface area contributed by atoms with Gasteiger partial charge in [-0.05, 0) is 41.9 Å². The monoisotopic (exact) mass is 229 g/mol. The molecule has 0 bridgehead atoms. The summed E-state index contributed by atoms with van der Waals surface area (Å²) in [5, 5.41) is 9.23. The second kappa shape index (κ2) is 5.87. The molecule has 0 aromatic heterocycles. The van der Waals surface area contributed by atoms with Crippen LogP contribution in [0.1, 0.15) is 63.6 Å². The summed E-state index contributed by atoms with van der Waals surface area (Å²) in [6.45, 7) is 8.87. The molecule has 1 aromatic rings. The molecule has 0 amide bonds. The molecule has 0 saturated heterocycles. The van der Waals surface area contributed by atoms with Crippen molar-refractivity contribution in [2.24, 2.45) is 0 Å². The van der Waals surface area contributed by atoms with Crippen LogP contribution in [0.5, 0.6) is 0 Å². The fraction of sp³-hybridized carbons (Fsp3) is 0.562. The van der Waals surface area contributed by atoms with Gasteiger partial charge in [-0.25, -0.2) is 0 Å². The van der Waals surface area contributed by atoms with Gasteiger partial charge in [-0.2, -0.15) is 5.26 Å². The van der Waals surface area contributed by atoms with Gasteiger partial charge in [0.15, 0.2) is 0 Å². The Kier molecular flexibility index (Phi) is 4.75. The highest BCUT2D eigenvalue weighted by Crippen LogP contribution is 2.32. The van der Waals surface area contributed by atoms with Crippen molar-refractivity contribution in [1.29, 1.82) is 5.26 Å². The lowest BCUT2D eigenvalue weighted by Crippen LogP contribution is -2.19. The van der Waals surface area contributed by atoms with Crippen LogP contribution < -0.4 is 0 Å². The topological polar surface area (TPSA) is 23.8 Å². The van der Waals surface area contributed by atoms with Gasteiger partial charge in [0.05, 0.1) is 11.6 Å². The number of hydrogen-bond acceptors (Lipinski definition) is 1. The SMILES string of the molecule is CCCc1ccc(C(C)(CC)CC)cc1C#N. The molecule has 0 saturated carbocycles. The van der Waals surface area contributed by atoms with Crippen LogP contribution in [-0.2, 0) is 11.8 Å². The number of benzene rings is 1. The minimum absolute atomic E-state index is 0.205. The Morgan fingerprint density at radius 2 is 1.82 bits per heavy atom. The van der Waals surface area contributed by atoms with E-state index in [0.717, 1.165) is 31.2 Å². The van der Waals surface area contributed by atoms with Crippen molar-refractivity contribution >= 4 is 0 Å². The Bertz CT molecular complexity index is 408. The van der Waals surface area contributed by atoms with E-state index in [1.165, 1.54) is 11.1 Å². The maximum Gasteiger partial charge on any atom is 0.0994 e. The Hall–Kier alpha value is -1.29. The summed E-state index contributed by atoms with van der Waals surface area (Å²) in [6.07, 6.45) is 4.31. The Balaban J connectivity index is 3.18. The van der Waals surface area contributed by atoms with Gasteiger partial charge in [0.1, 0.15) is 0 Å². The van der Waals surface area contributed by atoms with Crippen LogP contribution in [0, 0.1) is 11.3 Å². The zero-order valence-corrected chi connectivity index (χ0v) is 11.5. The molecule has 92 valence electrons. The minimum atomic E-state index is 0.205. The Morgan fingerprint density at radius 1 is 1.18 bits per heavy atom. The Labute approximate surface area is 105 Å². The molecule has 0 heterocycles. The average Bonchev–Trinajstić information content (AvgIpc) is 2.38. The van der Waals surface area contributed by atoms with E-state index in [4.69, 9.17) is 0 Å². The van der Waals surface area contributed by atoms with Crippen molar-refractivity contribution in [2.75, 3.05) is 0 Å². The van der Waals surface area contributed by atoms with Crippen molar-refractivity contribution in [1.82, 2.24) is 0 Å². The van der Waals surface area contributed by atoms with Crippen LogP contribution >= 0.6 is 0 Å². The van der Waals surface area contributed by atoms with Gasteiger partial charge >= 0.3 is 0 Å². The molecule has 0 aliphatic rings. The smallest absolute Gasteiger partial charge is 0.0994 e. The zero-order chi connectivity index (χ0) is 12.9. The van der Waals surface area contributed by atoms with E-state index >= 15 is 0 Å². The van der Waals surface area contributed by atoms with E-state index in [-0.39, 0.29) is 5.41 Å². The number of hydrogen-bond donors (Lipinski definition) is 0. The molecular weight excluding hydrogens is 206 g/mol. The first kappa shape index (κ1) is 13.8. The molecule has 0 atom stereocenters. The lowest BCUT2D eigenvalue weighted by Gasteiger charge is -2.27. The third-order valence-electron chi connectivity index (χ3n) is 4.01. The third kappa shape index (κ3) is 2.88. The average molecular weight is 229 g/mol. The molecule has 0 spiro atoms. The first-order chi connectivity index (χ1) is 8.11. The normalized spacial score (nSPS) is 11.2. The minimum Gasteiger partial charge on any atom is -0.192 e. The van der Waals surface area contributed by atoms with Crippen molar-refractivity contribution in [3.05, 3.63) is 34.9 Å².